The third kappa shape index (κ3) is 3.17. The second-order valence-corrected chi connectivity index (χ2v) is 7.57. The Morgan fingerprint density at radius 2 is 2.07 bits per heavy atom. The van der Waals surface area contributed by atoms with Crippen molar-refractivity contribution in [2.75, 3.05) is 32.5 Å². The lowest BCUT2D eigenvalue weighted by Gasteiger charge is -2.35. The summed E-state index contributed by atoms with van der Waals surface area (Å²) in [5.41, 5.74) is 6.54. The van der Waals surface area contributed by atoms with Gasteiger partial charge in [-0.05, 0) is 24.5 Å². The van der Waals surface area contributed by atoms with Crippen molar-refractivity contribution in [2.45, 2.75) is 17.0 Å². The first-order valence-electron chi connectivity index (χ1n) is 8.66. The van der Waals surface area contributed by atoms with Gasteiger partial charge in [0.2, 0.25) is 0 Å². The summed E-state index contributed by atoms with van der Waals surface area (Å²) >= 11 is 1.64. The third-order valence-electron chi connectivity index (χ3n) is 5.12. The minimum Gasteiger partial charge on any atom is -0.372 e. The van der Waals surface area contributed by atoms with E-state index in [2.05, 4.69) is 4.98 Å². The van der Waals surface area contributed by atoms with Gasteiger partial charge < -0.3 is 25.3 Å². The van der Waals surface area contributed by atoms with Crippen molar-refractivity contribution in [3.05, 3.63) is 30.0 Å². The van der Waals surface area contributed by atoms with Gasteiger partial charge in [-0.15, -0.1) is 11.8 Å². The Bertz CT molecular complexity index is 927. The largest absolute Gasteiger partial charge is 0.372 e. The summed E-state index contributed by atoms with van der Waals surface area (Å²) in [4.78, 5) is 43.7. The number of amides is 3. The van der Waals surface area contributed by atoms with E-state index in [0.717, 1.165) is 15.8 Å². The molecule has 1 aromatic carbocycles. The molecule has 27 heavy (non-hydrogen) atoms. The van der Waals surface area contributed by atoms with Crippen LogP contribution in [0.15, 0.2) is 29.2 Å². The molecule has 2 fully saturated rings. The van der Waals surface area contributed by atoms with E-state index in [4.69, 9.17) is 10.5 Å². The van der Waals surface area contributed by atoms with Crippen LogP contribution in [-0.2, 0) is 14.3 Å². The van der Waals surface area contributed by atoms with E-state index in [-0.39, 0.29) is 18.1 Å². The van der Waals surface area contributed by atoms with E-state index in [1.54, 1.807) is 16.7 Å². The van der Waals surface area contributed by atoms with Gasteiger partial charge in [0.1, 0.15) is 5.69 Å². The maximum absolute atomic E-state index is 13.0. The molecule has 2 aliphatic heterocycles. The SMILES string of the molecule is CSc1ccc2cc(C(=O)N3C[C@@H]4OCCN(C(=O)C(N)=O)[C@@H]4C3)[nH]c2c1. The van der Waals surface area contributed by atoms with Crippen molar-refractivity contribution >= 4 is 40.4 Å². The molecule has 0 unspecified atom stereocenters. The van der Waals surface area contributed by atoms with Crippen LogP contribution in [0, 0.1) is 0 Å². The molecule has 0 spiro atoms. The molecule has 8 nitrogen and oxygen atoms in total. The predicted molar refractivity (Wildman–Crippen MR) is 100 cm³/mol. The van der Waals surface area contributed by atoms with E-state index >= 15 is 0 Å². The molecule has 2 saturated heterocycles. The van der Waals surface area contributed by atoms with Gasteiger partial charge >= 0.3 is 11.8 Å². The zero-order valence-electron chi connectivity index (χ0n) is 14.8. The van der Waals surface area contributed by atoms with Crippen LogP contribution in [0.3, 0.4) is 0 Å². The number of thioether (sulfide) groups is 1. The molecule has 0 aliphatic carbocycles. The molecule has 3 amide bonds. The van der Waals surface area contributed by atoms with Crippen LogP contribution in [0.4, 0.5) is 0 Å². The fraction of sp³-hybridized carbons (Fsp3) is 0.389. The number of nitrogens with one attached hydrogen (secondary N) is 1. The molecular formula is C18H20N4O4S. The number of hydrogen-bond acceptors (Lipinski definition) is 5. The molecule has 142 valence electrons. The number of benzene rings is 1. The zero-order chi connectivity index (χ0) is 19.1. The Kier molecular flexibility index (Phi) is 4.56. The Hall–Kier alpha value is -2.52. The lowest BCUT2D eigenvalue weighted by atomic mass is 10.1. The molecule has 9 heteroatoms. The number of carbonyl (C=O) groups is 3. The maximum Gasteiger partial charge on any atom is 0.312 e. The number of primary amides is 1. The quantitative estimate of drug-likeness (QED) is 0.573. The maximum atomic E-state index is 13.0. The molecule has 2 atom stereocenters. The number of aromatic amines is 1. The number of hydrogen-bond donors (Lipinski definition) is 2. The minimum atomic E-state index is -0.986. The molecule has 4 rings (SSSR count). The number of ether oxygens (including phenoxy) is 1. The third-order valence-corrected chi connectivity index (χ3v) is 5.85. The fourth-order valence-electron chi connectivity index (χ4n) is 3.77. The summed E-state index contributed by atoms with van der Waals surface area (Å²) in [6.45, 7) is 1.31. The van der Waals surface area contributed by atoms with Crippen LogP contribution in [0.1, 0.15) is 10.5 Å². The number of nitrogens with zero attached hydrogens (tertiary/aromatic N) is 2. The molecule has 2 aromatic rings. The number of nitrogens with two attached hydrogens (primary N) is 1. The van der Waals surface area contributed by atoms with Crippen LogP contribution >= 0.6 is 11.8 Å². The Labute approximate surface area is 160 Å². The highest BCUT2D eigenvalue weighted by atomic mass is 32.2. The van der Waals surface area contributed by atoms with Crippen molar-refractivity contribution < 1.29 is 19.1 Å². The fourth-order valence-corrected chi connectivity index (χ4v) is 4.21. The van der Waals surface area contributed by atoms with E-state index in [1.807, 2.05) is 30.5 Å². The normalized spacial score (nSPS) is 22.1. The van der Waals surface area contributed by atoms with E-state index in [1.165, 1.54) is 4.90 Å². The van der Waals surface area contributed by atoms with Gasteiger partial charge in [-0.2, -0.15) is 0 Å². The van der Waals surface area contributed by atoms with Crippen molar-refractivity contribution in [3.8, 4) is 0 Å². The smallest absolute Gasteiger partial charge is 0.312 e. The van der Waals surface area contributed by atoms with E-state index < -0.39 is 11.8 Å². The minimum absolute atomic E-state index is 0.152. The summed E-state index contributed by atoms with van der Waals surface area (Å²) in [6.07, 6.45) is 1.69. The number of morpholine rings is 1. The molecule has 0 bridgehead atoms. The summed E-state index contributed by atoms with van der Waals surface area (Å²) in [5.74, 6) is -1.86. The van der Waals surface area contributed by atoms with E-state index in [0.29, 0.717) is 31.9 Å². The van der Waals surface area contributed by atoms with Gasteiger partial charge in [0.05, 0.1) is 18.8 Å². The Balaban J connectivity index is 1.55. The first-order valence-corrected chi connectivity index (χ1v) is 9.88. The molecule has 0 saturated carbocycles. The van der Waals surface area contributed by atoms with Crippen molar-refractivity contribution in [1.29, 1.82) is 0 Å². The predicted octanol–water partition coefficient (Wildman–Crippen LogP) is 0.427. The average Bonchev–Trinajstić information content (AvgIpc) is 3.29. The molecule has 2 aliphatic rings. The lowest BCUT2D eigenvalue weighted by Crippen LogP contribution is -2.56. The van der Waals surface area contributed by atoms with Crippen LogP contribution < -0.4 is 5.73 Å². The molecule has 3 N–H and O–H groups in total. The lowest BCUT2D eigenvalue weighted by molar-refractivity contribution is -0.152. The van der Waals surface area contributed by atoms with Gasteiger partial charge in [-0.1, -0.05) is 6.07 Å². The Morgan fingerprint density at radius 1 is 1.26 bits per heavy atom. The molecular weight excluding hydrogens is 368 g/mol. The first-order chi connectivity index (χ1) is 13.0. The number of carbonyl (C=O) groups excluding carboxylic acids is 3. The van der Waals surface area contributed by atoms with Crippen molar-refractivity contribution in [1.82, 2.24) is 14.8 Å². The van der Waals surface area contributed by atoms with E-state index in [9.17, 15) is 14.4 Å². The number of fused-ring (bicyclic) bond motifs is 2. The standard InChI is InChI=1S/C18H20N4O4S/c1-27-11-3-2-10-6-13(20-12(10)7-11)17(24)21-8-14-15(9-21)26-5-4-22(14)18(25)16(19)23/h2-3,6-7,14-15,20H,4-5,8-9H2,1H3,(H2,19,23)/t14-,15+/m1/s1. The zero-order valence-corrected chi connectivity index (χ0v) is 15.6. The van der Waals surface area contributed by atoms with Crippen molar-refractivity contribution in [2.24, 2.45) is 5.73 Å². The number of likely N-dealkylation sites (tertiary alicyclic amines) is 1. The van der Waals surface area contributed by atoms with Crippen LogP contribution in [0.25, 0.3) is 10.9 Å². The second kappa shape index (κ2) is 6.90. The van der Waals surface area contributed by atoms with Gasteiger partial charge in [-0.3, -0.25) is 14.4 Å². The van der Waals surface area contributed by atoms with Gasteiger partial charge in [0, 0.05) is 35.4 Å². The number of H-pyrrole nitrogens is 1. The second-order valence-electron chi connectivity index (χ2n) is 6.69. The molecule has 1 aromatic heterocycles. The summed E-state index contributed by atoms with van der Waals surface area (Å²) in [5, 5.41) is 0.967. The number of aromatic nitrogens is 1. The molecule has 0 radical (unpaired) electrons. The Morgan fingerprint density at radius 3 is 2.81 bits per heavy atom. The highest BCUT2D eigenvalue weighted by molar-refractivity contribution is 7.98. The highest BCUT2D eigenvalue weighted by Crippen LogP contribution is 2.26. The summed E-state index contributed by atoms with van der Waals surface area (Å²) in [7, 11) is 0. The summed E-state index contributed by atoms with van der Waals surface area (Å²) < 4.78 is 5.71. The van der Waals surface area contributed by atoms with Crippen LogP contribution in [0.5, 0.6) is 0 Å². The average molecular weight is 388 g/mol. The van der Waals surface area contributed by atoms with Gasteiger partial charge in [0.15, 0.2) is 0 Å². The van der Waals surface area contributed by atoms with Gasteiger partial charge in [0.25, 0.3) is 5.91 Å². The van der Waals surface area contributed by atoms with Gasteiger partial charge in [-0.25, -0.2) is 0 Å². The van der Waals surface area contributed by atoms with Crippen LogP contribution in [0.2, 0.25) is 0 Å². The number of rotatable bonds is 2. The topological polar surface area (TPSA) is 109 Å². The highest BCUT2D eigenvalue weighted by Gasteiger charge is 2.44. The summed E-state index contributed by atoms with van der Waals surface area (Å²) in [6, 6.07) is 7.48. The van der Waals surface area contributed by atoms with Crippen LogP contribution in [-0.4, -0.2) is 77.1 Å². The monoisotopic (exact) mass is 388 g/mol. The first kappa shape index (κ1) is 17.9. The van der Waals surface area contributed by atoms with Crippen molar-refractivity contribution in [3.63, 3.8) is 0 Å². The molecule has 3 heterocycles.